The lowest BCUT2D eigenvalue weighted by Crippen LogP contribution is -2.42. The summed E-state index contributed by atoms with van der Waals surface area (Å²) in [5, 5.41) is 11.7. The average molecular weight is 228 g/mol. The van der Waals surface area contributed by atoms with Crippen LogP contribution in [-0.2, 0) is 4.79 Å². The number of carbonyl (C=O) groups excluding carboxylic acids is 1. The standard InChI is InChI=1S/C12H24N2O2/c1-10(8-15)14-11(16)7-12(9-13)5-3-2-4-6-12/h10,15H,2-9,13H2,1H3,(H,14,16). The highest BCUT2D eigenvalue weighted by Crippen LogP contribution is 2.38. The molecule has 1 atom stereocenters. The summed E-state index contributed by atoms with van der Waals surface area (Å²) in [6.07, 6.45) is 6.25. The second-order valence-electron chi connectivity index (χ2n) is 5.09. The fourth-order valence-electron chi connectivity index (χ4n) is 2.47. The van der Waals surface area contributed by atoms with Gasteiger partial charge in [-0.2, -0.15) is 0 Å². The van der Waals surface area contributed by atoms with Gasteiger partial charge in [-0.15, -0.1) is 0 Å². The molecule has 1 amide bonds. The van der Waals surface area contributed by atoms with Gasteiger partial charge in [0.15, 0.2) is 0 Å². The van der Waals surface area contributed by atoms with Crippen LogP contribution in [0.25, 0.3) is 0 Å². The second kappa shape index (κ2) is 6.21. The molecule has 1 aliphatic rings. The van der Waals surface area contributed by atoms with E-state index in [0.29, 0.717) is 13.0 Å². The molecule has 4 nitrogen and oxygen atoms in total. The SMILES string of the molecule is CC(CO)NC(=O)CC1(CN)CCCCC1. The number of nitrogens with one attached hydrogen (secondary N) is 1. The van der Waals surface area contributed by atoms with Gasteiger partial charge in [-0.05, 0) is 31.7 Å². The maximum Gasteiger partial charge on any atom is 0.220 e. The third-order valence-electron chi connectivity index (χ3n) is 3.56. The lowest BCUT2D eigenvalue weighted by molar-refractivity contribution is -0.124. The van der Waals surface area contributed by atoms with Crippen molar-refractivity contribution in [2.24, 2.45) is 11.1 Å². The van der Waals surface area contributed by atoms with Crippen LogP contribution in [0.4, 0.5) is 0 Å². The van der Waals surface area contributed by atoms with Gasteiger partial charge in [0.25, 0.3) is 0 Å². The number of aliphatic hydroxyl groups excluding tert-OH is 1. The molecule has 0 aromatic rings. The van der Waals surface area contributed by atoms with Crippen molar-refractivity contribution in [3.63, 3.8) is 0 Å². The molecule has 16 heavy (non-hydrogen) atoms. The number of hydrogen-bond acceptors (Lipinski definition) is 3. The van der Waals surface area contributed by atoms with Crippen molar-refractivity contribution in [2.45, 2.75) is 51.5 Å². The summed E-state index contributed by atoms with van der Waals surface area (Å²) < 4.78 is 0. The van der Waals surface area contributed by atoms with E-state index < -0.39 is 0 Å². The zero-order valence-corrected chi connectivity index (χ0v) is 10.2. The average Bonchev–Trinajstić information content (AvgIpc) is 2.29. The van der Waals surface area contributed by atoms with E-state index in [-0.39, 0.29) is 24.0 Å². The van der Waals surface area contributed by atoms with Crippen molar-refractivity contribution >= 4 is 5.91 Å². The predicted octanol–water partition coefficient (Wildman–Crippen LogP) is 0.783. The molecule has 94 valence electrons. The largest absolute Gasteiger partial charge is 0.394 e. The van der Waals surface area contributed by atoms with Gasteiger partial charge in [0.2, 0.25) is 5.91 Å². The third-order valence-corrected chi connectivity index (χ3v) is 3.56. The molecule has 4 heteroatoms. The fraction of sp³-hybridized carbons (Fsp3) is 0.917. The Hall–Kier alpha value is -0.610. The number of hydrogen-bond donors (Lipinski definition) is 3. The summed E-state index contributed by atoms with van der Waals surface area (Å²) in [4.78, 5) is 11.8. The molecule has 0 spiro atoms. The first kappa shape index (κ1) is 13.5. The molecule has 0 bridgehead atoms. The van der Waals surface area contributed by atoms with E-state index >= 15 is 0 Å². The molecule has 1 unspecified atom stereocenters. The van der Waals surface area contributed by atoms with Crippen molar-refractivity contribution in [1.29, 1.82) is 0 Å². The Morgan fingerprint density at radius 1 is 1.44 bits per heavy atom. The summed E-state index contributed by atoms with van der Waals surface area (Å²) in [6, 6.07) is -0.161. The van der Waals surface area contributed by atoms with Crippen molar-refractivity contribution < 1.29 is 9.90 Å². The van der Waals surface area contributed by atoms with Crippen LogP contribution in [-0.4, -0.2) is 30.2 Å². The molecule has 1 rings (SSSR count). The van der Waals surface area contributed by atoms with E-state index in [2.05, 4.69) is 5.32 Å². The lowest BCUT2D eigenvalue weighted by atomic mass is 9.71. The minimum Gasteiger partial charge on any atom is -0.394 e. The number of amides is 1. The second-order valence-corrected chi connectivity index (χ2v) is 5.09. The maximum absolute atomic E-state index is 11.8. The number of aliphatic hydroxyl groups is 1. The first-order valence-corrected chi connectivity index (χ1v) is 6.22. The van der Waals surface area contributed by atoms with Gasteiger partial charge in [-0.25, -0.2) is 0 Å². The smallest absolute Gasteiger partial charge is 0.220 e. The molecular weight excluding hydrogens is 204 g/mol. The summed E-state index contributed by atoms with van der Waals surface area (Å²) in [7, 11) is 0. The zero-order chi connectivity index (χ0) is 12.0. The highest BCUT2D eigenvalue weighted by Gasteiger charge is 2.33. The summed E-state index contributed by atoms with van der Waals surface area (Å²) in [6.45, 7) is 2.38. The van der Waals surface area contributed by atoms with Gasteiger partial charge in [0.05, 0.1) is 6.61 Å². The molecule has 0 saturated heterocycles. The molecule has 0 heterocycles. The molecule has 1 aliphatic carbocycles. The first-order valence-electron chi connectivity index (χ1n) is 6.22. The third kappa shape index (κ3) is 3.76. The topological polar surface area (TPSA) is 75.3 Å². The van der Waals surface area contributed by atoms with Gasteiger partial charge in [0, 0.05) is 12.5 Å². The van der Waals surface area contributed by atoms with Crippen LogP contribution >= 0.6 is 0 Å². The van der Waals surface area contributed by atoms with Crippen LogP contribution in [0.2, 0.25) is 0 Å². The van der Waals surface area contributed by atoms with Gasteiger partial charge in [0.1, 0.15) is 0 Å². The van der Waals surface area contributed by atoms with Crippen molar-refractivity contribution in [1.82, 2.24) is 5.32 Å². The Balaban J connectivity index is 2.45. The van der Waals surface area contributed by atoms with Crippen molar-refractivity contribution in [3.05, 3.63) is 0 Å². The maximum atomic E-state index is 11.8. The molecule has 0 radical (unpaired) electrons. The first-order chi connectivity index (χ1) is 7.62. The minimum absolute atomic E-state index is 0.0114. The van der Waals surface area contributed by atoms with E-state index in [4.69, 9.17) is 10.8 Å². The number of carbonyl (C=O) groups is 1. The van der Waals surface area contributed by atoms with Crippen LogP contribution in [0, 0.1) is 5.41 Å². The van der Waals surface area contributed by atoms with Crippen LogP contribution in [0.3, 0.4) is 0 Å². The summed E-state index contributed by atoms with van der Waals surface area (Å²) in [5.41, 5.74) is 5.83. The summed E-state index contributed by atoms with van der Waals surface area (Å²) in [5.74, 6) is 0.0221. The summed E-state index contributed by atoms with van der Waals surface area (Å²) >= 11 is 0. The van der Waals surface area contributed by atoms with E-state index in [1.807, 2.05) is 0 Å². The van der Waals surface area contributed by atoms with Crippen LogP contribution in [0.5, 0.6) is 0 Å². The van der Waals surface area contributed by atoms with Crippen LogP contribution in [0.15, 0.2) is 0 Å². The van der Waals surface area contributed by atoms with E-state index in [9.17, 15) is 4.79 Å². The van der Waals surface area contributed by atoms with Gasteiger partial charge in [-0.1, -0.05) is 19.3 Å². The monoisotopic (exact) mass is 228 g/mol. The molecular formula is C12H24N2O2. The quantitative estimate of drug-likeness (QED) is 0.651. The Kier molecular flexibility index (Phi) is 5.22. The minimum atomic E-state index is -0.161. The molecule has 0 aromatic carbocycles. The fourth-order valence-corrected chi connectivity index (χ4v) is 2.47. The lowest BCUT2D eigenvalue weighted by Gasteiger charge is -2.35. The van der Waals surface area contributed by atoms with E-state index in [1.165, 1.54) is 19.3 Å². The normalized spacial score (nSPS) is 21.4. The van der Waals surface area contributed by atoms with Crippen LogP contribution < -0.4 is 11.1 Å². The molecule has 1 saturated carbocycles. The van der Waals surface area contributed by atoms with Gasteiger partial charge >= 0.3 is 0 Å². The van der Waals surface area contributed by atoms with E-state index in [0.717, 1.165) is 12.8 Å². The predicted molar refractivity (Wildman–Crippen MR) is 63.9 cm³/mol. The molecule has 0 aliphatic heterocycles. The highest BCUT2D eigenvalue weighted by atomic mass is 16.3. The number of rotatable bonds is 5. The van der Waals surface area contributed by atoms with Crippen molar-refractivity contribution in [3.8, 4) is 0 Å². The molecule has 4 N–H and O–H groups in total. The Morgan fingerprint density at radius 2 is 2.06 bits per heavy atom. The van der Waals surface area contributed by atoms with Gasteiger partial charge < -0.3 is 16.2 Å². The Labute approximate surface area is 97.6 Å². The molecule has 1 fully saturated rings. The molecule has 0 aromatic heterocycles. The van der Waals surface area contributed by atoms with E-state index in [1.54, 1.807) is 6.92 Å². The zero-order valence-electron chi connectivity index (χ0n) is 10.2. The van der Waals surface area contributed by atoms with Crippen molar-refractivity contribution in [2.75, 3.05) is 13.2 Å². The highest BCUT2D eigenvalue weighted by molar-refractivity contribution is 5.77. The number of nitrogens with two attached hydrogens (primary N) is 1. The Bertz CT molecular complexity index is 225. The Morgan fingerprint density at radius 3 is 2.56 bits per heavy atom. The van der Waals surface area contributed by atoms with Gasteiger partial charge in [-0.3, -0.25) is 4.79 Å². The van der Waals surface area contributed by atoms with Crippen LogP contribution in [0.1, 0.15) is 45.4 Å².